The molecule has 0 bridgehead atoms. The third-order valence-corrected chi connectivity index (χ3v) is 4.13. The zero-order valence-electron chi connectivity index (χ0n) is 8.00. The van der Waals surface area contributed by atoms with Crippen LogP contribution in [-0.4, -0.2) is 17.3 Å². The molecule has 1 saturated heterocycles. The van der Waals surface area contributed by atoms with Gasteiger partial charge in [-0.1, -0.05) is 11.6 Å². The largest absolute Gasteiger partial charge is 0.384 e. The average Bonchev–Trinajstić information content (AvgIpc) is 2.74. The van der Waals surface area contributed by atoms with E-state index < -0.39 is 11.7 Å². The van der Waals surface area contributed by atoms with E-state index in [-0.39, 0.29) is 0 Å². The summed E-state index contributed by atoms with van der Waals surface area (Å²) in [7, 11) is 0. The smallest absolute Gasteiger partial charge is 0.118 e. The fourth-order valence-corrected chi connectivity index (χ4v) is 3.08. The molecule has 1 fully saturated rings. The van der Waals surface area contributed by atoms with Crippen molar-refractivity contribution >= 4 is 22.9 Å². The van der Waals surface area contributed by atoms with Crippen LogP contribution in [0.4, 0.5) is 0 Å². The van der Waals surface area contributed by atoms with Gasteiger partial charge < -0.3 is 9.84 Å². The summed E-state index contributed by atoms with van der Waals surface area (Å²) in [6.07, 6.45) is 1.30. The van der Waals surface area contributed by atoms with Crippen LogP contribution in [0.2, 0.25) is 5.02 Å². The molecule has 0 amide bonds. The summed E-state index contributed by atoms with van der Waals surface area (Å²) < 4.78 is 5.58. The second kappa shape index (κ2) is 3.81. The fraction of sp³-hybridized carbons (Fsp3) is 0.600. The fourth-order valence-electron chi connectivity index (χ4n) is 1.79. The molecule has 0 radical (unpaired) electrons. The molecule has 0 spiro atoms. The van der Waals surface area contributed by atoms with Gasteiger partial charge in [-0.3, -0.25) is 0 Å². The Balaban J connectivity index is 2.23. The van der Waals surface area contributed by atoms with Gasteiger partial charge in [-0.2, -0.15) is 0 Å². The molecule has 1 N–H and O–H groups in total. The molecule has 0 saturated carbocycles. The van der Waals surface area contributed by atoms with Crippen LogP contribution < -0.4 is 0 Å². The molecule has 1 aliphatic rings. The van der Waals surface area contributed by atoms with Gasteiger partial charge in [-0.05, 0) is 31.2 Å². The number of aliphatic hydroxyl groups excluding tert-OH is 1. The van der Waals surface area contributed by atoms with Crippen molar-refractivity contribution in [2.45, 2.75) is 31.5 Å². The highest BCUT2D eigenvalue weighted by Crippen LogP contribution is 2.41. The number of ether oxygens (including phenoxy) is 1. The van der Waals surface area contributed by atoms with Gasteiger partial charge in [0.15, 0.2) is 0 Å². The predicted octanol–water partition coefficient (Wildman–Crippen LogP) is 3.00. The number of thiophene rings is 1. The Morgan fingerprint density at radius 2 is 2.50 bits per heavy atom. The minimum absolute atomic E-state index is 0.450. The third-order valence-electron chi connectivity index (χ3n) is 2.72. The highest BCUT2D eigenvalue weighted by molar-refractivity contribution is 7.10. The summed E-state index contributed by atoms with van der Waals surface area (Å²) in [4.78, 5) is 0.816. The Morgan fingerprint density at radius 3 is 3.00 bits per heavy atom. The van der Waals surface area contributed by atoms with E-state index >= 15 is 0 Å². The number of hydrogen-bond acceptors (Lipinski definition) is 3. The highest BCUT2D eigenvalue weighted by atomic mass is 35.5. The van der Waals surface area contributed by atoms with Crippen LogP contribution in [0.3, 0.4) is 0 Å². The lowest BCUT2D eigenvalue weighted by molar-refractivity contribution is -0.0780. The van der Waals surface area contributed by atoms with Crippen molar-refractivity contribution in [1.82, 2.24) is 0 Å². The summed E-state index contributed by atoms with van der Waals surface area (Å²) in [6.45, 7) is 2.68. The second-order valence-corrected chi connectivity index (χ2v) is 5.15. The van der Waals surface area contributed by atoms with Crippen LogP contribution in [0, 0.1) is 0 Å². The van der Waals surface area contributed by atoms with Gasteiger partial charge in [0, 0.05) is 6.61 Å². The summed E-state index contributed by atoms with van der Waals surface area (Å²) in [5.41, 5.74) is -0.450. The first-order chi connectivity index (χ1) is 6.63. The normalized spacial score (nSPS) is 29.4. The summed E-state index contributed by atoms with van der Waals surface area (Å²) in [5, 5.41) is 12.7. The Hall–Kier alpha value is -0.0900. The average molecular weight is 233 g/mol. The van der Waals surface area contributed by atoms with E-state index in [0.29, 0.717) is 5.02 Å². The molecule has 0 aliphatic carbocycles. The lowest BCUT2D eigenvalue weighted by atomic mass is 9.94. The van der Waals surface area contributed by atoms with E-state index in [1.165, 1.54) is 11.3 Å². The van der Waals surface area contributed by atoms with Crippen LogP contribution >= 0.6 is 22.9 Å². The zero-order chi connectivity index (χ0) is 10.2. The first kappa shape index (κ1) is 10.4. The van der Waals surface area contributed by atoms with Crippen molar-refractivity contribution in [3.63, 3.8) is 0 Å². The predicted molar refractivity (Wildman–Crippen MR) is 57.9 cm³/mol. The summed E-state index contributed by atoms with van der Waals surface area (Å²) in [6, 6.07) is 1.81. The van der Waals surface area contributed by atoms with Crippen LogP contribution in [0.1, 0.15) is 30.7 Å². The van der Waals surface area contributed by atoms with Gasteiger partial charge in [0.2, 0.25) is 0 Å². The lowest BCUT2D eigenvalue weighted by Gasteiger charge is -2.28. The Labute approximate surface area is 92.5 Å². The van der Waals surface area contributed by atoms with E-state index in [0.717, 1.165) is 24.3 Å². The molecule has 4 heteroatoms. The number of rotatable bonds is 2. The van der Waals surface area contributed by atoms with Crippen molar-refractivity contribution in [2.24, 2.45) is 0 Å². The van der Waals surface area contributed by atoms with E-state index in [1.807, 2.05) is 18.4 Å². The minimum atomic E-state index is -0.600. The van der Waals surface area contributed by atoms with Crippen LogP contribution in [0.15, 0.2) is 11.4 Å². The van der Waals surface area contributed by atoms with Crippen LogP contribution in [-0.2, 0) is 4.74 Å². The second-order valence-electron chi connectivity index (χ2n) is 3.80. The molecule has 2 heterocycles. The van der Waals surface area contributed by atoms with E-state index in [2.05, 4.69) is 0 Å². The van der Waals surface area contributed by atoms with Crippen molar-refractivity contribution in [2.75, 3.05) is 6.61 Å². The minimum Gasteiger partial charge on any atom is -0.384 e. The van der Waals surface area contributed by atoms with Crippen LogP contribution in [0.25, 0.3) is 0 Å². The molecular formula is C10H13ClO2S. The monoisotopic (exact) mass is 232 g/mol. The van der Waals surface area contributed by atoms with Gasteiger partial charge in [-0.15, -0.1) is 11.3 Å². The first-order valence-corrected chi connectivity index (χ1v) is 5.94. The zero-order valence-corrected chi connectivity index (χ0v) is 9.57. The van der Waals surface area contributed by atoms with Crippen molar-refractivity contribution in [1.29, 1.82) is 0 Å². The molecule has 0 aromatic carbocycles. The molecule has 2 nitrogen and oxygen atoms in total. The molecule has 2 atom stereocenters. The number of halogens is 1. The molecule has 78 valence electrons. The van der Waals surface area contributed by atoms with Gasteiger partial charge in [0.25, 0.3) is 0 Å². The maximum absolute atomic E-state index is 10.2. The van der Waals surface area contributed by atoms with Crippen molar-refractivity contribution in [3.05, 3.63) is 21.3 Å². The van der Waals surface area contributed by atoms with Gasteiger partial charge in [-0.25, -0.2) is 0 Å². The Kier molecular flexibility index (Phi) is 2.84. The molecule has 2 rings (SSSR count). The quantitative estimate of drug-likeness (QED) is 0.850. The molecule has 2 unspecified atom stereocenters. The lowest BCUT2D eigenvalue weighted by Crippen LogP contribution is -2.31. The third kappa shape index (κ3) is 1.70. The van der Waals surface area contributed by atoms with Crippen LogP contribution in [0.5, 0.6) is 0 Å². The SMILES string of the molecule is CC1(C(O)c2sccc2Cl)CCCO1. The van der Waals surface area contributed by atoms with Crippen molar-refractivity contribution in [3.8, 4) is 0 Å². The molecule has 1 aromatic rings. The number of aliphatic hydroxyl groups is 1. The molecule has 1 aliphatic heterocycles. The Morgan fingerprint density at radius 1 is 1.71 bits per heavy atom. The Bertz CT molecular complexity index is 318. The maximum Gasteiger partial charge on any atom is 0.118 e. The van der Waals surface area contributed by atoms with Gasteiger partial charge in [0.05, 0.1) is 15.5 Å². The van der Waals surface area contributed by atoms with E-state index in [4.69, 9.17) is 16.3 Å². The standard InChI is InChI=1S/C10H13ClO2S/c1-10(4-2-5-13-10)9(12)8-7(11)3-6-14-8/h3,6,9,12H,2,4-5H2,1H3. The molecule has 14 heavy (non-hydrogen) atoms. The maximum atomic E-state index is 10.2. The first-order valence-electron chi connectivity index (χ1n) is 4.68. The molecule has 1 aromatic heterocycles. The number of hydrogen-bond donors (Lipinski definition) is 1. The highest BCUT2D eigenvalue weighted by Gasteiger charge is 2.39. The topological polar surface area (TPSA) is 29.5 Å². The van der Waals surface area contributed by atoms with Gasteiger partial charge in [0.1, 0.15) is 6.10 Å². The summed E-state index contributed by atoms with van der Waals surface area (Å²) in [5.74, 6) is 0. The summed E-state index contributed by atoms with van der Waals surface area (Å²) >= 11 is 7.45. The molecular weight excluding hydrogens is 220 g/mol. The van der Waals surface area contributed by atoms with Crippen molar-refractivity contribution < 1.29 is 9.84 Å². The van der Waals surface area contributed by atoms with E-state index in [1.54, 1.807) is 0 Å². The van der Waals surface area contributed by atoms with E-state index in [9.17, 15) is 5.11 Å². The van der Waals surface area contributed by atoms with Gasteiger partial charge >= 0.3 is 0 Å².